The first kappa shape index (κ1) is 14.4. The zero-order chi connectivity index (χ0) is 14.4. The van der Waals surface area contributed by atoms with Gasteiger partial charge in [0.1, 0.15) is 12.4 Å². The van der Waals surface area contributed by atoms with E-state index in [4.69, 9.17) is 14.7 Å². The Morgan fingerprint density at radius 3 is 2.85 bits per heavy atom. The summed E-state index contributed by atoms with van der Waals surface area (Å²) in [5.74, 6) is 0.628. The van der Waals surface area contributed by atoms with Crippen LogP contribution in [0, 0.1) is 17.2 Å². The number of nitriles is 1. The van der Waals surface area contributed by atoms with Crippen molar-refractivity contribution in [1.82, 2.24) is 4.90 Å². The van der Waals surface area contributed by atoms with Gasteiger partial charge in [0.15, 0.2) is 0 Å². The Bertz CT molecular complexity index is 493. The number of esters is 1. The van der Waals surface area contributed by atoms with Crippen molar-refractivity contribution in [2.45, 2.75) is 6.42 Å². The molecule has 1 atom stereocenters. The first-order valence-corrected chi connectivity index (χ1v) is 6.66. The fraction of sp³-hybridized carbons (Fsp3) is 0.467. The molecule has 0 spiro atoms. The molecule has 0 amide bonds. The summed E-state index contributed by atoms with van der Waals surface area (Å²) in [4.78, 5) is 13.6. The van der Waals surface area contributed by atoms with Crippen LogP contribution in [-0.2, 0) is 9.53 Å². The van der Waals surface area contributed by atoms with Crippen molar-refractivity contribution in [3.8, 4) is 11.8 Å². The molecule has 0 bridgehead atoms. The van der Waals surface area contributed by atoms with E-state index >= 15 is 0 Å². The third-order valence-corrected chi connectivity index (χ3v) is 3.47. The summed E-state index contributed by atoms with van der Waals surface area (Å²) in [6.07, 6.45) is 0.851. The van der Waals surface area contributed by atoms with Crippen LogP contribution in [0.3, 0.4) is 0 Å². The molecule has 1 aromatic rings. The van der Waals surface area contributed by atoms with Crippen LogP contribution in [-0.4, -0.2) is 44.2 Å². The molecule has 5 nitrogen and oxygen atoms in total. The SMILES string of the molecule is COC(=O)C1CCN(CCOc2ccc(C#N)cc2)C1. The minimum Gasteiger partial charge on any atom is -0.492 e. The Morgan fingerprint density at radius 2 is 2.20 bits per heavy atom. The smallest absolute Gasteiger partial charge is 0.310 e. The van der Waals surface area contributed by atoms with Gasteiger partial charge in [-0.3, -0.25) is 9.69 Å². The van der Waals surface area contributed by atoms with E-state index in [2.05, 4.69) is 11.0 Å². The van der Waals surface area contributed by atoms with Crippen LogP contribution >= 0.6 is 0 Å². The van der Waals surface area contributed by atoms with Gasteiger partial charge in [0.2, 0.25) is 0 Å². The fourth-order valence-electron chi connectivity index (χ4n) is 2.31. The number of carbonyl (C=O) groups excluding carboxylic acids is 1. The van der Waals surface area contributed by atoms with Crippen LogP contribution in [0.4, 0.5) is 0 Å². The first-order valence-electron chi connectivity index (χ1n) is 6.66. The maximum Gasteiger partial charge on any atom is 0.310 e. The lowest BCUT2D eigenvalue weighted by Gasteiger charge is -2.15. The van der Waals surface area contributed by atoms with Crippen molar-refractivity contribution in [3.05, 3.63) is 29.8 Å². The van der Waals surface area contributed by atoms with Crippen LogP contribution in [0.5, 0.6) is 5.75 Å². The molecule has 1 unspecified atom stereocenters. The van der Waals surface area contributed by atoms with Crippen molar-refractivity contribution in [2.24, 2.45) is 5.92 Å². The topological polar surface area (TPSA) is 62.6 Å². The molecule has 0 N–H and O–H groups in total. The molecule has 1 aliphatic heterocycles. The molecule has 1 aliphatic rings. The average Bonchev–Trinajstić information content (AvgIpc) is 2.96. The molecule has 1 fully saturated rings. The maximum atomic E-state index is 11.4. The largest absolute Gasteiger partial charge is 0.492 e. The molecule has 0 saturated carbocycles. The number of methoxy groups -OCH3 is 1. The van der Waals surface area contributed by atoms with Crippen LogP contribution in [0.2, 0.25) is 0 Å². The molecule has 1 saturated heterocycles. The molecule has 0 aliphatic carbocycles. The lowest BCUT2D eigenvalue weighted by molar-refractivity contribution is -0.144. The van der Waals surface area contributed by atoms with Gasteiger partial charge in [-0.2, -0.15) is 5.26 Å². The van der Waals surface area contributed by atoms with Crippen LogP contribution in [0.15, 0.2) is 24.3 Å². The fourth-order valence-corrected chi connectivity index (χ4v) is 2.31. The number of hydrogen-bond acceptors (Lipinski definition) is 5. The van der Waals surface area contributed by atoms with E-state index in [1.54, 1.807) is 24.3 Å². The van der Waals surface area contributed by atoms with E-state index in [1.807, 2.05) is 0 Å². The summed E-state index contributed by atoms with van der Waals surface area (Å²) >= 11 is 0. The van der Waals surface area contributed by atoms with E-state index in [0.717, 1.165) is 31.8 Å². The van der Waals surface area contributed by atoms with Crippen LogP contribution in [0.25, 0.3) is 0 Å². The Balaban J connectivity index is 1.71. The molecule has 20 heavy (non-hydrogen) atoms. The number of likely N-dealkylation sites (tertiary alicyclic amines) is 1. The zero-order valence-electron chi connectivity index (χ0n) is 11.5. The number of nitrogens with zero attached hydrogens (tertiary/aromatic N) is 2. The van der Waals surface area contributed by atoms with Crippen molar-refractivity contribution < 1.29 is 14.3 Å². The molecule has 0 aromatic heterocycles. The second-order valence-electron chi connectivity index (χ2n) is 4.79. The maximum absolute atomic E-state index is 11.4. The first-order chi connectivity index (χ1) is 9.72. The highest BCUT2D eigenvalue weighted by Gasteiger charge is 2.28. The van der Waals surface area contributed by atoms with Gasteiger partial charge in [-0.05, 0) is 37.2 Å². The summed E-state index contributed by atoms with van der Waals surface area (Å²) in [5, 5.41) is 8.70. The van der Waals surface area contributed by atoms with Crippen molar-refractivity contribution in [1.29, 1.82) is 5.26 Å². The lowest BCUT2D eigenvalue weighted by Crippen LogP contribution is -2.28. The zero-order valence-corrected chi connectivity index (χ0v) is 11.5. The second-order valence-corrected chi connectivity index (χ2v) is 4.79. The standard InChI is InChI=1S/C15H18N2O3/c1-19-15(18)13-6-7-17(11-13)8-9-20-14-4-2-12(10-16)3-5-14/h2-5,13H,6-9,11H2,1H3. The molecule has 5 heteroatoms. The number of rotatable bonds is 5. The highest BCUT2D eigenvalue weighted by atomic mass is 16.5. The third-order valence-electron chi connectivity index (χ3n) is 3.47. The van der Waals surface area contributed by atoms with Gasteiger partial charge in [0, 0.05) is 13.1 Å². The number of benzene rings is 1. The van der Waals surface area contributed by atoms with Crippen LogP contribution < -0.4 is 4.74 Å². The normalized spacial score (nSPS) is 18.5. The summed E-state index contributed by atoms with van der Waals surface area (Å²) in [7, 11) is 1.43. The minimum atomic E-state index is -0.125. The molecule has 2 rings (SSSR count). The highest BCUT2D eigenvalue weighted by Crippen LogP contribution is 2.17. The Morgan fingerprint density at radius 1 is 1.45 bits per heavy atom. The summed E-state index contributed by atoms with van der Waals surface area (Å²) in [5.41, 5.74) is 0.623. The van der Waals surface area contributed by atoms with E-state index in [1.165, 1.54) is 7.11 Å². The predicted octanol–water partition coefficient (Wildman–Crippen LogP) is 1.43. The van der Waals surface area contributed by atoms with Gasteiger partial charge >= 0.3 is 5.97 Å². The average molecular weight is 274 g/mol. The predicted molar refractivity (Wildman–Crippen MR) is 73.2 cm³/mol. The number of carbonyl (C=O) groups is 1. The molecule has 106 valence electrons. The van der Waals surface area contributed by atoms with E-state index < -0.39 is 0 Å². The highest BCUT2D eigenvalue weighted by molar-refractivity contribution is 5.72. The van der Waals surface area contributed by atoms with Crippen LogP contribution in [0.1, 0.15) is 12.0 Å². The van der Waals surface area contributed by atoms with Crippen molar-refractivity contribution in [3.63, 3.8) is 0 Å². The summed E-state index contributed by atoms with van der Waals surface area (Å²) in [6, 6.07) is 9.12. The molecule has 1 aromatic carbocycles. The van der Waals surface area contributed by atoms with Gasteiger partial charge in [0.25, 0.3) is 0 Å². The number of hydrogen-bond donors (Lipinski definition) is 0. The third kappa shape index (κ3) is 3.72. The van der Waals surface area contributed by atoms with Gasteiger partial charge < -0.3 is 9.47 Å². The van der Waals surface area contributed by atoms with Gasteiger partial charge in [-0.15, -0.1) is 0 Å². The van der Waals surface area contributed by atoms with E-state index in [-0.39, 0.29) is 11.9 Å². The van der Waals surface area contributed by atoms with Gasteiger partial charge in [-0.1, -0.05) is 0 Å². The Hall–Kier alpha value is -2.06. The number of ether oxygens (including phenoxy) is 2. The Labute approximate surface area is 118 Å². The van der Waals surface area contributed by atoms with Crippen molar-refractivity contribution >= 4 is 5.97 Å². The van der Waals surface area contributed by atoms with E-state index in [0.29, 0.717) is 12.2 Å². The minimum absolute atomic E-state index is 0.00471. The molecule has 1 heterocycles. The Kier molecular flexibility index (Phi) is 4.97. The second kappa shape index (κ2) is 6.92. The lowest BCUT2D eigenvalue weighted by atomic mass is 10.1. The molecule has 0 radical (unpaired) electrons. The summed E-state index contributed by atoms with van der Waals surface area (Å²) in [6.45, 7) is 2.99. The quantitative estimate of drug-likeness (QED) is 0.760. The van der Waals surface area contributed by atoms with Gasteiger partial charge in [0.05, 0.1) is 24.7 Å². The van der Waals surface area contributed by atoms with E-state index in [9.17, 15) is 4.79 Å². The summed E-state index contributed by atoms with van der Waals surface area (Å²) < 4.78 is 10.4. The van der Waals surface area contributed by atoms with Gasteiger partial charge in [-0.25, -0.2) is 0 Å². The molecular weight excluding hydrogens is 256 g/mol. The van der Waals surface area contributed by atoms with Crippen molar-refractivity contribution in [2.75, 3.05) is 33.4 Å². The molecular formula is C15H18N2O3. The monoisotopic (exact) mass is 274 g/mol.